The lowest BCUT2D eigenvalue weighted by Crippen LogP contribution is -2.24. The molecule has 5 heteroatoms. The summed E-state index contributed by atoms with van der Waals surface area (Å²) in [6, 6.07) is 14.5. The molecule has 0 aliphatic heterocycles. The van der Waals surface area contributed by atoms with Crippen LogP contribution in [0.25, 0.3) is 21.8 Å². The van der Waals surface area contributed by atoms with Gasteiger partial charge in [0.05, 0.1) is 0 Å². The minimum Gasteiger partial charge on any atom is -0.352 e. The summed E-state index contributed by atoms with van der Waals surface area (Å²) in [5, 5.41) is 5.44. The Morgan fingerprint density at radius 3 is 2.28 bits per heavy atom. The number of nitrogens with one attached hydrogen (secondary N) is 2. The van der Waals surface area contributed by atoms with Crippen molar-refractivity contribution in [1.29, 1.82) is 0 Å². The average Bonchev–Trinajstić information content (AvgIpc) is 3.18. The minimum atomic E-state index is 0.0202. The summed E-state index contributed by atoms with van der Waals surface area (Å²) < 4.78 is 5.68. The largest absolute Gasteiger partial charge is 0.352 e. The van der Waals surface area contributed by atoms with Gasteiger partial charge in [0.15, 0.2) is 0 Å². The molecule has 0 spiro atoms. The van der Waals surface area contributed by atoms with Gasteiger partial charge in [-0.25, -0.2) is 0 Å². The molecule has 2 N–H and O–H groups in total. The number of hydrogen-bond donors (Lipinski definition) is 2. The first-order valence-corrected chi connectivity index (χ1v) is 13.4. The standard InChI is InChI=1S/C23H31N3OS.2C2H6/c1-3-16-28-25-15-9-5-8-14-24-23(27)18-12-13-22-20(17-18)19-10-6-7-11-21(19)26(22)4-2;2*1-2/h6-7,10-13,17,25H,3-5,8-9,14-16H2,1-2H3,(H,24,27);2*1-2H3. The Bertz CT molecular complexity index is 920. The molecule has 0 bridgehead atoms. The van der Waals surface area contributed by atoms with Gasteiger partial charge in [-0.3, -0.25) is 9.52 Å². The number of amides is 1. The molecule has 3 rings (SSSR count). The fourth-order valence-electron chi connectivity index (χ4n) is 3.58. The topological polar surface area (TPSA) is 46.1 Å². The molecule has 3 aromatic rings. The van der Waals surface area contributed by atoms with Crippen LogP contribution < -0.4 is 10.0 Å². The number of carbonyl (C=O) groups excluding carboxylic acids is 1. The molecule has 178 valence electrons. The van der Waals surface area contributed by atoms with Gasteiger partial charge in [-0.2, -0.15) is 0 Å². The molecule has 0 saturated carbocycles. The van der Waals surface area contributed by atoms with Crippen molar-refractivity contribution < 1.29 is 4.79 Å². The van der Waals surface area contributed by atoms with E-state index in [0.29, 0.717) is 0 Å². The predicted molar refractivity (Wildman–Crippen MR) is 145 cm³/mol. The number of benzene rings is 2. The second-order valence-electron chi connectivity index (χ2n) is 7.05. The van der Waals surface area contributed by atoms with Crippen LogP contribution in [0.5, 0.6) is 0 Å². The molecule has 0 unspecified atom stereocenters. The van der Waals surface area contributed by atoms with Gasteiger partial charge in [0.25, 0.3) is 5.91 Å². The number of rotatable bonds is 11. The third-order valence-corrected chi connectivity index (χ3v) is 6.02. The monoisotopic (exact) mass is 457 g/mol. The Morgan fingerprint density at radius 2 is 1.56 bits per heavy atom. The van der Waals surface area contributed by atoms with E-state index < -0.39 is 0 Å². The molecule has 1 heterocycles. The van der Waals surface area contributed by atoms with E-state index in [2.05, 4.69) is 58.8 Å². The van der Waals surface area contributed by atoms with Crippen molar-refractivity contribution in [2.45, 2.75) is 73.8 Å². The predicted octanol–water partition coefficient (Wildman–Crippen LogP) is 7.41. The van der Waals surface area contributed by atoms with Gasteiger partial charge in [-0.05, 0) is 50.5 Å². The number of unbranched alkanes of at least 4 members (excludes halogenated alkanes) is 2. The second-order valence-corrected chi connectivity index (χ2v) is 8.04. The summed E-state index contributed by atoms with van der Waals surface area (Å²) in [6.45, 7) is 15.0. The first-order valence-electron chi connectivity index (χ1n) is 12.4. The smallest absolute Gasteiger partial charge is 0.251 e. The Balaban J connectivity index is 0.00000121. The number of nitrogens with zero attached hydrogens (tertiary/aromatic N) is 1. The van der Waals surface area contributed by atoms with Crippen LogP contribution in [0.1, 0.15) is 77.6 Å². The lowest BCUT2D eigenvalue weighted by atomic mass is 10.1. The van der Waals surface area contributed by atoms with E-state index in [1.165, 1.54) is 22.8 Å². The van der Waals surface area contributed by atoms with Gasteiger partial charge in [-0.15, -0.1) is 0 Å². The third-order valence-electron chi connectivity index (χ3n) is 5.00. The summed E-state index contributed by atoms with van der Waals surface area (Å²) in [5.41, 5.74) is 3.15. The molecule has 0 fully saturated rings. The maximum absolute atomic E-state index is 12.6. The van der Waals surface area contributed by atoms with E-state index in [0.717, 1.165) is 55.6 Å². The van der Waals surface area contributed by atoms with Crippen molar-refractivity contribution in [3.05, 3.63) is 48.0 Å². The Kier molecular flexibility index (Phi) is 14.6. The Morgan fingerprint density at radius 1 is 0.875 bits per heavy atom. The molecular weight excluding hydrogens is 414 g/mol. The maximum atomic E-state index is 12.6. The maximum Gasteiger partial charge on any atom is 0.251 e. The molecular formula is C27H43N3OS. The minimum absolute atomic E-state index is 0.0202. The average molecular weight is 458 g/mol. The van der Waals surface area contributed by atoms with Crippen LogP contribution in [-0.2, 0) is 6.54 Å². The van der Waals surface area contributed by atoms with E-state index in [1.807, 2.05) is 39.8 Å². The van der Waals surface area contributed by atoms with E-state index >= 15 is 0 Å². The highest BCUT2D eigenvalue weighted by molar-refractivity contribution is 7.97. The van der Waals surface area contributed by atoms with Crippen LogP contribution in [-0.4, -0.2) is 29.3 Å². The molecule has 1 amide bonds. The van der Waals surface area contributed by atoms with Crippen LogP contribution in [0, 0.1) is 0 Å². The van der Waals surface area contributed by atoms with E-state index in [-0.39, 0.29) is 5.91 Å². The van der Waals surface area contributed by atoms with Gasteiger partial charge >= 0.3 is 0 Å². The highest BCUT2D eigenvalue weighted by Gasteiger charge is 2.12. The van der Waals surface area contributed by atoms with Crippen molar-refractivity contribution >= 4 is 39.7 Å². The molecule has 0 atom stereocenters. The number of fused-ring (bicyclic) bond motifs is 3. The number of aromatic nitrogens is 1. The summed E-state index contributed by atoms with van der Waals surface area (Å²) >= 11 is 1.80. The highest BCUT2D eigenvalue weighted by Crippen LogP contribution is 2.29. The summed E-state index contributed by atoms with van der Waals surface area (Å²) in [4.78, 5) is 12.6. The molecule has 0 saturated heterocycles. The Hall–Kier alpha value is -1.98. The lowest BCUT2D eigenvalue weighted by Gasteiger charge is -2.07. The number of para-hydroxylation sites is 1. The fourth-order valence-corrected chi connectivity index (χ4v) is 4.22. The first-order chi connectivity index (χ1) is 15.8. The number of carbonyl (C=O) groups is 1. The first kappa shape index (κ1) is 28.1. The van der Waals surface area contributed by atoms with Gasteiger partial charge in [0.2, 0.25) is 0 Å². The second kappa shape index (κ2) is 16.6. The van der Waals surface area contributed by atoms with Crippen molar-refractivity contribution in [3.8, 4) is 0 Å². The zero-order valence-corrected chi connectivity index (χ0v) is 21.8. The SMILES string of the molecule is CC.CC.CCCSNCCCCCNC(=O)c1ccc2c(c1)c1ccccc1n2CC. The molecule has 4 nitrogen and oxygen atoms in total. The van der Waals surface area contributed by atoms with Crippen LogP contribution >= 0.6 is 11.9 Å². The highest BCUT2D eigenvalue weighted by atomic mass is 32.2. The van der Waals surface area contributed by atoms with Crippen LogP contribution in [0.15, 0.2) is 42.5 Å². The molecule has 32 heavy (non-hydrogen) atoms. The van der Waals surface area contributed by atoms with Crippen molar-refractivity contribution in [1.82, 2.24) is 14.6 Å². The van der Waals surface area contributed by atoms with E-state index in [4.69, 9.17) is 0 Å². The van der Waals surface area contributed by atoms with E-state index in [9.17, 15) is 4.79 Å². The quantitative estimate of drug-likeness (QED) is 0.233. The summed E-state index contributed by atoms with van der Waals surface area (Å²) in [6.07, 6.45) is 4.50. The number of aryl methyl sites for hydroxylation is 1. The molecule has 0 aliphatic rings. The molecule has 0 radical (unpaired) electrons. The van der Waals surface area contributed by atoms with Gasteiger partial charge < -0.3 is 9.88 Å². The Labute approximate surface area is 199 Å². The zero-order chi connectivity index (χ0) is 23.8. The number of hydrogen-bond acceptors (Lipinski definition) is 3. The van der Waals surface area contributed by atoms with E-state index in [1.54, 1.807) is 11.9 Å². The summed E-state index contributed by atoms with van der Waals surface area (Å²) in [7, 11) is 0. The molecule has 0 aliphatic carbocycles. The molecule has 1 aromatic heterocycles. The van der Waals surface area contributed by atoms with Crippen molar-refractivity contribution in [3.63, 3.8) is 0 Å². The van der Waals surface area contributed by atoms with Crippen LogP contribution in [0.3, 0.4) is 0 Å². The fraction of sp³-hybridized carbons (Fsp3) is 0.519. The van der Waals surface area contributed by atoms with Crippen molar-refractivity contribution in [2.75, 3.05) is 18.8 Å². The molecule has 2 aromatic carbocycles. The lowest BCUT2D eigenvalue weighted by molar-refractivity contribution is 0.0953. The normalized spacial score (nSPS) is 10.3. The summed E-state index contributed by atoms with van der Waals surface area (Å²) in [5.74, 6) is 1.18. The van der Waals surface area contributed by atoms with Gasteiger partial charge in [0, 0.05) is 52.8 Å². The van der Waals surface area contributed by atoms with Crippen molar-refractivity contribution in [2.24, 2.45) is 0 Å². The van der Waals surface area contributed by atoms with Gasteiger partial charge in [-0.1, -0.05) is 71.2 Å². The van der Waals surface area contributed by atoms with Crippen LogP contribution in [0.2, 0.25) is 0 Å². The van der Waals surface area contributed by atoms with Crippen LogP contribution in [0.4, 0.5) is 0 Å². The third kappa shape index (κ3) is 7.86. The van der Waals surface area contributed by atoms with Gasteiger partial charge in [0.1, 0.15) is 0 Å². The zero-order valence-electron chi connectivity index (χ0n) is 21.0.